The van der Waals surface area contributed by atoms with E-state index in [9.17, 15) is 9.59 Å². The van der Waals surface area contributed by atoms with Crippen LogP contribution in [0.15, 0.2) is 54.9 Å². The van der Waals surface area contributed by atoms with Crippen molar-refractivity contribution >= 4 is 11.8 Å². The number of carbonyl (C=O) groups is 2. The maximum Gasteiger partial charge on any atom is 0.255 e. The van der Waals surface area contributed by atoms with Crippen LogP contribution in [-0.4, -0.2) is 58.4 Å². The van der Waals surface area contributed by atoms with E-state index in [1.165, 1.54) is 0 Å². The molecular formula is C19H19N3O3. The Morgan fingerprint density at radius 1 is 1.16 bits per heavy atom. The second kappa shape index (κ2) is 6.64. The number of ether oxygens (including phenoxy) is 1. The van der Waals surface area contributed by atoms with Gasteiger partial charge in [-0.3, -0.25) is 14.6 Å². The van der Waals surface area contributed by atoms with Gasteiger partial charge in [-0.15, -0.1) is 0 Å². The van der Waals surface area contributed by atoms with E-state index >= 15 is 0 Å². The van der Waals surface area contributed by atoms with Gasteiger partial charge < -0.3 is 14.5 Å². The van der Waals surface area contributed by atoms with E-state index in [1.807, 2.05) is 35.2 Å². The Labute approximate surface area is 146 Å². The number of benzene rings is 1. The van der Waals surface area contributed by atoms with E-state index in [-0.39, 0.29) is 30.6 Å². The molecule has 25 heavy (non-hydrogen) atoms. The highest BCUT2D eigenvalue weighted by atomic mass is 16.5. The van der Waals surface area contributed by atoms with E-state index in [0.29, 0.717) is 25.2 Å². The topological polar surface area (TPSA) is 62.7 Å². The van der Waals surface area contributed by atoms with Crippen LogP contribution in [0.1, 0.15) is 15.9 Å². The number of pyridine rings is 1. The van der Waals surface area contributed by atoms with Crippen molar-refractivity contribution in [1.82, 2.24) is 14.8 Å². The molecule has 0 aliphatic carbocycles. The molecule has 3 heterocycles. The highest BCUT2D eigenvalue weighted by Crippen LogP contribution is 2.26. The first-order chi connectivity index (χ1) is 12.2. The molecule has 128 valence electrons. The minimum Gasteiger partial charge on any atom is -0.364 e. The summed E-state index contributed by atoms with van der Waals surface area (Å²) in [5, 5.41) is 0. The summed E-state index contributed by atoms with van der Waals surface area (Å²) in [5.74, 6) is -0.0982. The molecule has 0 radical (unpaired) electrons. The standard InChI is InChI=1S/C19H19N3O3/c23-18-13-25-17-12-21(19(24)15-7-4-8-20-9-15)11-16(17)22(18)10-14-5-2-1-3-6-14/h1-9,16-17H,10-13H2/t16-,17-/m1/s1. The third-order valence-electron chi connectivity index (χ3n) is 4.77. The van der Waals surface area contributed by atoms with Crippen molar-refractivity contribution in [1.29, 1.82) is 0 Å². The van der Waals surface area contributed by atoms with Gasteiger partial charge in [0.1, 0.15) is 6.61 Å². The average molecular weight is 337 g/mol. The van der Waals surface area contributed by atoms with Crippen molar-refractivity contribution in [3.63, 3.8) is 0 Å². The molecule has 0 bridgehead atoms. The average Bonchev–Trinajstić information content (AvgIpc) is 3.10. The third-order valence-corrected chi connectivity index (χ3v) is 4.77. The number of hydrogen-bond acceptors (Lipinski definition) is 4. The fourth-order valence-corrected chi connectivity index (χ4v) is 3.49. The van der Waals surface area contributed by atoms with E-state index in [4.69, 9.17) is 4.74 Å². The van der Waals surface area contributed by atoms with Crippen LogP contribution in [0, 0.1) is 0 Å². The molecule has 2 fully saturated rings. The lowest BCUT2D eigenvalue weighted by Gasteiger charge is -2.36. The van der Waals surface area contributed by atoms with Crippen molar-refractivity contribution in [2.24, 2.45) is 0 Å². The SMILES string of the molecule is O=C(c1cccnc1)N1C[C@@H]2[C@@H](C1)OCC(=O)N2Cc1ccccc1. The summed E-state index contributed by atoms with van der Waals surface area (Å²) in [6.45, 7) is 1.59. The lowest BCUT2D eigenvalue weighted by Crippen LogP contribution is -2.53. The molecule has 0 unspecified atom stereocenters. The highest BCUT2D eigenvalue weighted by molar-refractivity contribution is 5.94. The molecule has 2 atom stereocenters. The Bertz CT molecular complexity index is 766. The Morgan fingerprint density at radius 3 is 2.76 bits per heavy atom. The maximum absolute atomic E-state index is 12.7. The quantitative estimate of drug-likeness (QED) is 0.848. The molecular weight excluding hydrogens is 318 g/mol. The van der Waals surface area contributed by atoms with Gasteiger partial charge in [0, 0.05) is 32.0 Å². The Hall–Kier alpha value is -2.73. The van der Waals surface area contributed by atoms with Gasteiger partial charge in [0.2, 0.25) is 5.91 Å². The van der Waals surface area contributed by atoms with Crippen molar-refractivity contribution in [2.45, 2.75) is 18.7 Å². The third kappa shape index (κ3) is 3.13. The van der Waals surface area contributed by atoms with Crippen LogP contribution in [-0.2, 0) is 16.1 Å². The largest absolute Gasteiger partial charge is 0.364 e. The van der Waals surface area contributed by atoms with Crippen LogP contribution >= 0.6 is 0 Å². The molecule has 2 aliphatic rings. The van der Waals surface area contributed by atoms with Crippen LogP contribution < -0.4 is 0 Å². The van der Waals surface area contributed by atoms with Crippen LogP contribution in [0.5, 0.6) is 0 Å². The van der Waals surface area contributed by atoms with Gasteiger partial charge in [-0.25, -0.2) is 0 Å². The summed E-state index contributed by atoms with van der Waals surface area (Å²) in [6.07, 6.45) is 3.07. The fraction of sp³-hybridized carbons (Fsp3) is 0.316. The molecule has 2 aromatic rings. The predicted octanol–water partition coefficient (Wildman–Crippen LogP) is 1.33. The number of likely N-dealkylation sites (tertiary alicyclic amines) is 1. The maximum atomic E-state index is 12.7. The number of nitrogens with zero attached hydrogens (tertiary/aromatic N) is 3. The lowest BCUT2D eigenvalue weighted by atomic mass is 10.1. The van der Waals surface area contributed by atoms with Gasteiger partial charge in [-0.05, 0) is 17.7 Å². The number of fused-ring (bicyclic) bond motifs is 1. The van der Waals surface area contributed by atoms with E-state index < -0.39 is 0 Å². The minimum absolute atomic E-state index is 0.0271. The first-order valence-electron chi connectivity index (χ1n) is 8.36. The zero-order valence-corrected chi connectivity index (χ0v) is 13.7. The van der Waals surface area contributed by atoms with Crippen molar-refractivity contribution in [2.75, 3.05) is 19.7 Å². The molecule has 0 spiro atoms. The molecule has 1 aromatic carbocycles. The summed E-state index contributed by atoms with van der Waals surface area (Å²) >= 11 is 0. The summed E-state index contributed by atoms with van der Waals surface area (Å²) in [5.41, 5.74) is 1.63. The Kier molecular flexibility index (Phi) is 4.19. The van der Waals surface area contributed by atoms with Gasteiger partial charge >= 0.3 is 0 Å². The van der Waals surface area contributed by atoms with Crippen LogP contribution in [0.4, 0.5) is 0 Å². The molecule has 0 N–H and O–H groups in total. The van der Waals surface area contributed by atoms with Gasteiger partial charge in [0.05, 0.1) is 17.7 Å². The predicted molar refractivity (Wildman–Crippen MR) is 90.7 cm³/mol. The second-order valence-electron chi connectivity index (χ2n) is 6.38. The molecule has 4 rings (SSSR count). The summed E-state index contributed by atoms with van der Waals surface area (Å²) in [7, 11) is 0. The van der Waals surface area contributed by atoms with Crippen molar-refractivity contribution < 1.29 is 14.3 Å². The van der Waals surface area contributed by atoms with Crippen LogP contribution in [0.3, 0.4) is 0 Å². The molecule has 6 heteroatoms. The Morgan fingerprint density at radius 2 is 2.00 bits per heavy atom. The van der Waals surface area contributed by atoms with Gasteiger partial charge in [-0.2, -0.15) is 0 Å². The van der Waals surface area contributed by atoms with Gasteiger partial charge in [0.15, 0.2) is 0 Å². The van der Waals surface area contributed by atoms with Gasteiger partial charge in [-0.1, -0.05) is 30.3 Å². The zero-order valence-electron chi connectivity index (χ0n) is 13.7. The van der Waals surface area contributed by atoms with Crippen LogP contribution in [0.2, 0.25) is 0 Å². The molecule has 6 nitrogen and oxygen atoms in total. The first kappa shape index (κ1) is 15.8. The number of amides is 2. The smallest absolute Gasteiger partial charge is 0.255 e. The number of aromatic nitrogens is 1. The van der Waals surface area contributed by atoms with E-state index in [1.54, 1.807) is 29.4 Å². The first-order valence-corrected chi connectivity index (χ1v) is 8.36. The molecule has 2 amide bonds. The zero-order chi connectivity index (χ0) is 17.2. The fourth-order valence-electron chi connectivity index (χ4n) is 3.49. The van der Waals surface area contributed by atoms with Crippen molar-refractivity contribution in [3.8, 4) is 0 Å². The summed E-state index contributed by atoms with van der Waals surface area (Å²) < 4.78 is 5.70. The number of hydrogen-bond donors (Lipinski definition) is 0. The Balaban J connectivity index is 1.52. The minimum atomic E-state index is -0.137. The van der Waals surface area contributed by atoms with Crippen molar-refractivity contribution in [3.05, 3.63) is 66.0 Å². The monoisotopic (exact) mass is 337 g/mol. The van der Waals surface area contributed by atoms with E-state index in [2.05, 4.69) is 4.98 Å². The molecule has 1 aromatic heterocycles. The summed E-state index contributed by atoms with van der Waals surface area (Å²) in [4.78, 5) is 32.6. The number of morpholine rings is 1. The second-order valence-corrected chi connectivity index (χ2v) is 6.38. The summed E-state index contributed by atoms with van der Waals surface area (Å²) in [6, 6.07) is 13.3. The van der Waals surface area contributed by atoms with Crippen LogP contribution in [0.25, 0.3) is 0 Å². The number of rotatable bonds is 3. The number of carbonyl (C=O) groups excluding carboxylic acids is 2. The normalized spacial score (nSPS) is 22.8. The lowest BCUT2D eigenvalue weighted by molar-refractivity contribution is -0.153. The molecule has 0 saturated carbocycles. The highest BCUT2D eigenvalue weighted by Gasteiger charge is 2.44. The van der Waals surface area contributed by atoms with Gasteiger partial charge in [0.25, 0.3) is 5.91 Å². The molecule has 2 aliphatic heterocycles. The van der Waals surface area contributed by atoms with E-state index in [0.717, 1.165) is 5.56 Å². The molecule has 2 saturated heterocycles.